The molecule has 1 saturated carbocycles. The maximum atomic E-state index is 14.5. The standard InChI is InChI=1S/C24H27F5O/c1-2-3-4-5-16-6-8-17(9-7-16)18-10-12-20(22(26)14-18)24(28,29)30-19-11-13-21(25)23(27)15-19/h10-17H,2-9H2,1H3/t16-,17-. The Kier molecular flexibility index (Phi) is 7.37. The fourth-order valence-electron chi connectivity index (χ4n) is 4.23. The molecule has 0 bridgehead atoms. The van der Waals surface area contributed by atoms with Crippen LogP contribution in [-0.2, 0) is 6.11 Å². The summed E-state index contributed by atoms with van der Waals surface area (Å²) in [6, 6.07) is 5.76. The monoisotopic (exact) mass is 426 g/mol. The Balaban J connectivity index is 1.65. The van der Waals surface area contributed by atoms with Gasteiger partial charge < -0.3 is 4.74 Å². The fraction of sp³-hybridized carbons (Fsp3) is 0.500. The molecule has 0 unspecified atom stereocenters. The van der Waals surface area contributed by atoms with Crippen LogP contribution in [0.15, 0.2) is 36.4 Å². The van der Waals surface area contributed by atoms with Gasteiger partial charge in [-0.25, -0.2) is 13.2 Å². The fourth-order valence-corrected chi connectivity index (χ4v) is 4.23. The molecule has 0 N–H and O–H groups in total. The minimum Gasteiger partial charge on any atom is -0.429 e. The minimum absolute atomic E-state index is 0.164. The maximum Gasteiger partial charge on any atom is 0.429 e. The van der Waals surface area contributed by atoms with Crippen molar-refractivity contribution in [3.63, 3.8) is 0 Å². The van der Waals surface area contributed by atoms with Gasteiger partial charge in [-0.2, -0.15) is 8.78 Å². The van der Waals surface area contributed by atoms with E-state index < -0.39 is 34.9 Å². The van der Waals surface area contributed by atoms with Crippen molar-refractivity contribution in [3.8, 4) is 5.75 Å². The molecule has 2 aromatic carbocycles. The summed E-state index contributed by atoms with van der Waals surface area (Å²) in [7, 11) is 0. The van der Waals surface area contributed by atoms with Gasteiger partial charge in [-0.3, -0.25) is 0 Å². The van der Waals surface area contributed by atoms with Gasteiger partial charge >= 0.3 is 6.11 Å². The number of alkyl halides is 2. The molecule has 1 fully saturated rings. The predicted molar refractivity (Wildman–Crippen MR) is 106 cm³/mol. The Morgan fingerprint density at radius 1 is 0.867 bits per heavy atom. The average molecular weight is 426 g/mol. The summed E-state index contributed by atoms with van der Waals surface area (Å²) in [5, 5.41) is 0. The first kappa shape index (κ1) is 22.6. The van der Waals surface area contributed by atoms with Crippen molar-refractivity contribution < 1.29 is 26.7 Å². The Labute approximate surface area is 174 Å². The van der Waals surface area contributed by atoms with Gasteiger partial charge in [-0.1, -0.05) is 38.7 Å². The summed E-state index contributed by atoms with van der Waals surface area (Å²) >= 11 is 0. The SMILES string of the molecule is CCCCC[C@H]1CC[C@H](c2ccc(C(F)(F)Oc3ccc(F)c(F)c3)c(F)c2)CC1. The Morgan fingerprint density at radius 2 is 1.60 bits per heavy atom. The molecule has 0 spiro atoms. The molecule has 0 amide bonds. The summed E-state index contributed by atoms with van der Waals surface area (Å²) in [5.74, 6) is -3.28. The summed E-state index contributed by atoms with van der Waals surface area (Å²) in [6.45, 7) is 2.18. The van der Waals surface area contributed by atoms with Crippen LogP contribution in [0, 0.1) is 23.4 Å². The van der Waals surface area contributed by atoms with Gasteiger partial charge in [0.2, 0.25) is 0 Å². The molecule has 1 aliphatic rings. The van der Waals surface area contributed by atoms with Crippen molar-refractivity contribution in [3.05, 3.63) is 65.0 Å². The highest BCUT2D eigenvalue weighted by atomic mass is 19.3. The molecule has 1 aliphatic carbocycles. The second-order valence-corrected chi connectivity index (χ2v) is 8.15. The number of ether oxygens (including phenoxy) is 1. The van der Waals surface area contributed by atoms with Crippen LogP contribution in [0.25, 0.3) is 0 Å². The molecule has 6 heteroatoms. The second-order valence-electron chi connectivity index (χ2n) is 8.15. The first-order valence-electron chi connectivity index (χ1n) is 10.6. The molecule has 164 valence electrons. The van der Waals surface area contributed by atoms with Crippen LogP contribution in [-0.4, -0.2) is 0 Å². The first-order valence-corrected chi connectivity index (χ1v) is 10.6. The van der Waals surface area contributed by atoms with E-state index in [9.17, 15) is 22.0 Å². The average Bonchev–Trinajstić information content (AvgIpc) is 2.71. The molecular weight excluding hydrogens is 399 g/mol. The highest BCUT2D eigenvalue weighted by Gasteiger charge is 2.38. The summed E-state index contributed by atoms with van der Waals surface area (Å²) in [6.07, 6.45) is 4.90. The molecule has 0 aliphatic heterocycles. The third-order valence-electron chi connectivity index (χ3n) is 5.98. The van der Waals surface area contributed by atoms with E-state index in [1.165, 1.54) is 31.7 Å². The number of rotatable bonds is 8. The third kappa shape index (κ3) is 5.52. The van der Waals surface area contributed by atoms with Gasteiger partial charge in [0.15, 0.2) is 11.6 Å². The van der Waals surface area contributed by atoms with Crippen LogP contribution in [0.5, 0.6) is 5.75 Å². The topological polar surface area (TPSA) is 9.23 Å². The van der Waals surface area contributed by atoms with Gasteiger partial charge in [0, 0.05) is 6.07 Å². The van der Waals surface area contributed by atoms with Gasteiger partial charge in [0.1, 0.15) is 11.6 Å². The van der Waals surface area contributed by atoms with Crippen molar-refractivity contribution in [2.24, 2.45) is 5.92 Å². The summed E-state index contributed by atoms with van der Waals surface area (Å²) in [4.78, 5) is 0. The van der Waals surface area contributed by atoms with E-state index in [-0.39, 0.29) is 5.92 Å². The lowest BCUT2D eigenvalue weighted by Crippen LogP contribution is -2.24. The van der Waals surface area contributed by atoms with Crippen LogP contribution in [0.1, 0.15) is 75.3 Å². The third-order valence-corrected chi connectivity index (χ3v) is 5.98. The van der Waals surface area contributed by atoms with Crippen LogP contribution in [0.2, 0.25) is 0 Å². The van der Waals surface area contributed by atoms with Crippen molar-refractivity contribution in [1.29, 1.82) is 0 Å². The van der Waals surface area contributed by atoms with Crippen molar-refractivity contribution in [2.45, 2.75) is 70.3 Å². The Bertz CT molecular complexity index is 843. The van der Waals surface area contributed by atoms with Gasteiger partial charge in [-0.05, 0) is 67.3 Å². The van der Waals surface area contributed by atoms with E-state index >= 15 is 0 Å². The Morgan fingerprint density at radius 3 is 2.23 bits per heavy atom. The number of hydrogen-bond acceptors (Lipinski definition) is 1. The highest BCUT2D eigenvalue weighted by Crippen LogP contribution is 2.40. The van der Waals surface area contributed by atoms with Crippen molar-refractivity contribution in [2.75, 3.05) is 0 Å². The summed E-state index contributed by atoms with van der Waals surface area (Å²) < 4.78 is 74.1. The van der Waals surface area contributed by atoms with E-state index in [0.29, 0.717) is 23.6 Å². The van der Waals surface area contributed by atoms with E-state index in [4.69, 9.17) is 0 Å². The van der Waals surface area contributed by atoms with E-state index in [2.05, 4.69) is 11.7 Å². The van der Waals surface area contributed by atoms with Crippen LogP contribution >= 0.6 is 0 Å². The van der Waals surface area contributed by atoms with Crippen molar-refractivity contribution in [1.82, 2.24) is 0 Å². The molecule has 1 nitrogen and oxygen atoms in total. The smallest absolute Gasteiger partial charge is 0.429 e. The Hall–Kier alpha value is -2.11. The lowest BCUT2D eigenvalue weighted by molar-refractivity contribution is -0.187. The molecule has 0 aromatic heterocycles. The quantitative estimate of drug-likeness (QED) is 0.306. The molecule has 0 saturated heterocycles. The molecule has 30 heavy (non-hydrogen) atoms. The van der Waals surface area contributed by atoms with Crippen molar-refractivity contribution >= 4 is 0 Å². The number of benzene rings is 2. The van der Waals surface area contributed by atoms with Crippen LogP contribution in [0.3, 0.4) is 0 Å². The minimum atomic E-state index is -4.01. The lowest BCUT2D eigenvalue weighted by Gasteiger charge is -2.29. The molecule has 0 radical (unpaired) electrons. The normalized spacial score (nSPS) is 19.7. The van der Waals surface area contributed by atoms with Crippen LogP contribution < -0.4 is 4.74 Å². The second kappa shape index (κ2) is 9.80. The first-order chi connectivity index (χ1) is 14.3. The number of unbranched alkanes of at least 4 members (excludes halogenated alkanes) is 2. The predicted octanol–water partition coefficient (Wildman–Crippen LogP) is 8.09. The van der Waals surface area contributed by atoms with E-state index in [1.54, 1.807) is 0 Å². The molecule has 0 heterocycles. The number of hydrogen-bond donors (Lipinski definition) is 0. The van der Waals surface area contributed by atoms with Gasteiger partial charge in [0.05, 0.1) is 5.56 Å². The zero-order chi connectivity index (χ0) is 21.7. The summed E-state index contributed by atoms with van der Waals surface area (Å²) in [5.41, 5.74) is -0.212. The zero-order valence-corrected chi connectivity index (χ0v) is 17.1. The molecule has 3 rings (SSSR count). The van der Waals surface area contributed by atoms with Gasteiger partial charge in [-0.15, -0.1) is 0 Å². The molecular formula is C24H27F5O. The molecule has 2 aromatic rings. The zero-order valence-electron chi connectivity index (χ0n) is 17.1. The van der Waals surface area contributed by atoms with Crippen LogP contribution in [0.4, 0.5) is 22.0 Å². The number of halogens is 5. The lowest BCUT2D eigenvalue weighted by atomic mass is 9.77. The van der Waals surface area contributed by atoms with E-state index in [0.717, 1.165) is 43.9 Å². The molecule has 0 atom stereocenters. The highest BCUT2D eigenvalue weighted by molar-refractivity contribution is 5.31. The van der Waals surface area contributed by atoms with E-state index in [1.807, 2.05) is 0 Å². The maximum absolute atomic E-state index is 14.5. The van der Waals surface area contributed by atoms with Gasteiger partial charge in [0.25, 0.3) is 0 Å². The largest absolute Gasteiger partial charge is 0.429 e.